The number of para-hydroxylation sites is 1. The molecule has 0 fully saturated rings. The fourth-order valence-electron chi connectivity index (χ4n) is 1.28. The van der Waals surface area contributed by atoms with E-state index in [-0.39, 0.29) is 17.9 Å². The minimum absolute atomic E-state index is 0.0971. The third-order valence-corrected chi connectivity index (χ3v) is 3.58. The Labute approximate surface area is 106 Å². The average molecular weight is 273 g/mol. The number of benzene rings is 1. The quantitative estimate of drug-likeness (QED) is 0.617. The maximum Gasteiger partial charge on any atom is 0.306 e. The summed E-state index contributed by atoms with van der Waals surface area (Å²) >= 11 is 0. The summed E-state index contributed by atoms with van der Waals surface area (Å²) in [6.45, 7) is 1.65. The highest BCUT2D eigenvalue weighted by Crippen LogP contribution is 2.27. The number of ether oxygens (including phenoxy) is 1. The molecule has 0 aliphatic carbocycles. The number of hydrogen-bond donors (Lipinski definition) is 2. The summed E-state index contributed by atoms with van der Waals surface area (Å²) in [5.74, 6) is -1.12. The van der Waals surface area contributed by atoms with Gasteiger partial charge in [0.15, 0.2) is 0 Å². The molecule has 0 aromatic heterocycles. The second-order valence-corrected chi connectivity index (χ2v) is 5.56. The lowest BCUT2D eigenvalue weighted by atomic mass is 10.2. The first-order valence-corrected chi connectivity index (χ1v) is 6.87. The number of aryl methyl sites for hydroxylation is 1. The molecule has 0 aliphatic heterocycles. The molecule has 0 saturated heterocycles. The van der Waals surface area contributed by atoms with Gasteiger partial charge in [-0.2, -0.15) is 0 Å². The Kier molecular flexibility index (Phi) is 4.55. The standard InChI is InChI=1S/C11H15NO5S/c1-8-4-3-5-9(11(8)14)12-18(15,16)7-6-10(13)17-2/h3-5,12,14H,6-7H2,1-2H3. The van der Waals surface area contributed by atoms with Crippen molar-refractivity contribution >= 4 is 21.7 Å². The number of nitrogens with one attached hydrogen (secondary N) is 1. The molecule has 0 atom stereocenters. The van der Waals surface area contributed by atoms with Gasteiger partial charge in [0.2, 0.25) is 10.0 Å². The number of phenols is 1. The highest BCUT2D eigenvalue weighted by molar-refractivity contribution is 7.92. The molecule has 18 heavy (non-hydrogen) atoms. The molecular weight excluding hydrogens is 258 g/mol. The van der Waals surface area contributed by atoms with Crippen LogP contribution >= 0.6 is 0 Å². The topological polar surface area (TPSA) is 92.7 Å². The molecule has 1 rings (SSSR count). The van der Waals surface area contributed by atoms with Crippen molar-refractivity contribution in [2.24, 2.45) is 0 Å². The van der Waals surface area contributed by atoms with Crippen LogP contribution in [-0.4, -0.2) is 32.4 Å². The molecule has 0 heterocycles. The molecule has 0 amide bonds. The Morgan fingerprint density at radius 3 is 2.72 bits per heavy atom. The number of carbonyl (C=O) groups excluding carboxylic acids is 1. The van der Waals surface area contributed by atoms with E-state index < -0.39 is 21.7 Å². The number of esters is 1. The predicted octanol–water partition coefficient (Wildman–Crippen LogP) is 1.01. The van der Waals surface area contributed by atoms with E-state index in [1.54, 1.807) is 19.1 Å². The first-order chi connectivity index (χ1) is 8.35. The predicted molar refractivity (Wildman–Crippen MR) is 66.9 cm³/mol. The number of sulfonamides is 1. The van der Waals surface area contributed by atoms with E-state index in [1.807, 2.05) is 0 Å². The van der Waals surface area contributed by atoms with Gasteiger partial charge in [-0.3, -0.25) is 9.52 Å². The highest BCUT2D eigenvalue weighted by Gasteiger charge is 2.15. The van der Waals surface area contributed by atoms with Crippen molar-refractivity contribution in [2.75, 3.05) is 17.6 Å². The van der Waals surface area contributed by atoms with Crippen LogP contribution in [0.3, 0.4) is 0 Å². The van der Waals surface area contributed by atoms with Crippen molar-refractivity contribution in [2.45, 2.75) is 13.3 Å². The summed E-state index contributed by atoms with van der Waals surface area (Å²) in [6, 6.07) is 4.72. The SMILES string of the molecule is COC(=O)CCS(=O)(=O)Nc1cccc(C)c1O. The van der Waals surface area contributed by atoms with Gasteiger partial charge in [0.25, 0.3) is 0 Å². The van der Waals surface area contributed by atoms with E-state index >= 15 is 0 Å². The molecule has 100 valence electrons. The number of methoxy groups -OCH3 is 1. The van der Waals surface area contributed by atoms with Crippen molar-refractivity contribution in [1.29, 1.82) is 0 Å². The van der Waals surface area contributed by atoms with E-state index in [4.69, 9.17) is 0 Å². The number of rotatable bonds is 5. The van der Waals surface area contributed by atoms with Crippen LogP contribution in [0.1, 0.15) is 12.0 Å². The van der Waals surface area contributed by atoms with E-state index in [0.717, 1.165) is 0 Å². The Hall–Kier alpha value is -1.76. The van der Waals surface area contributed by atoms with Crippen molar-refractivity contribution in [3.05, 3.63) is 23.8 Å². The monoisotopic (exact) mass is 273 g/mol. The molecule has 0 spiro atoms. The largest absolute Gasteiger partial charge is 0.505 e. The van der Waals surface area contributed by atoms with Crippen LogP contribution in [0.2, 0.25) is 0 Å². The number of aromatic hydroxyl groups is 1. The molecule has 7 heteroatoms. The zero-order valence-corrected chi connectivity index (χ0v) is 11.0. The van der Waals surface area contributed by atoms with Gasteiger partial charge in [0.05, 0.1) is 25.0 Å². The number of hydrogen-bond acceptors (Lipinski definition) is 5. The van der Waals surface area contributed by atoms with Crippen molar-refractivity contribution < 1.29 is 23.1 Å². The van der Waals surface area contributed by atoms with Gasteiger partial charge in [-0.25, -0.2) is 8.42 Å². The van der Waals surface area contributed by atoms with Crippen molar-refractivity contribution in [3.63, 3.8) is 0 Å². The molecule has 6 nitrogen and oxygen atoms in total. The fourth-order valence-corrected chi connectivity index (χ4v) is 2.32. The van der Waals surface area contributed by atoms with Crippen LogP contribution in [0.5, 0.6) is 5.75 Å². The van der Waals surface area contributed by atoms with Gasteiger partial charge in [0.1, 0.15) is 5.75 Å². The maximum atomic E-state index is 11.7. The van der Waals surface area contributed by atoms with Crippen LogP contribution in [-0.2, 0) is 19.6 Å². The molecule has 0 radical (unpaired) electrons. The lowest BCUT2D eigenvalue weighted by Crippen LogP contribution is -2.19. The van der Waals surface area contributed by atoms with Crippen molar-refractivity contribution in [1.82, 2.24) is 0 Å². The average Bonchev–Trinajstić information content (AvgIpc) is 2.32. The third-order valence-electron chi connectivity index (χ3n) is 2.31. The lowest BCUT2D eigenvalue weighted by Gasteiger charge is -2.10. The first kappa shape index (κ1) is 14.3. The lowest BCUT2D eigenvalue weighted by molar-refractivity contribution is -0.140. The van der Waals surface area contributed by atoms with Crippen LogP contribution in [0.4, 0.5) is 5.69 Å². The molecule has 0 bridgehead atoms. The fraction of sp³-hybridized carbons (Fsp3) is 0.364. The summed E-state index contributed by atoms with van der Waals surface area (Å²) in [7, 11) is -2.50. The van der Waals surface area contributed by atoms with E-state index in [2.05, 4.69) is 9.46 Å². The summed E-state index contributed by atoms with van der Waals surface area (Å²) in [6.07, 6.45) is -0.238. The Morgan fingerprint density at radius 1 is 1.44 bits per heavy atom. The minimum atomic E-state index is -3.69. The van der Waals surface area contributed by atoms with Crippen LogP contribution < -0.4 is 4.72 Å². The summed E-state index contributed by atoms with van der Waals surface area (Å²) in [4.78, 5) is 10.9. The Bertz CT molecular complexity index is 538. The number of phenolic OH excluding ortho intramolecular Hbond substituents is 1. The molecule has 0 aliphatic rings. The van der Waals surface area contributed by atoms with Gasteiger partial charge in [-0.1, -0.05) is 12.1 Å². The van der Waals surface area contributed by atoms with Gasteiger partial charge in [-0.15, -0.1) is 0 Å². The minimum Gasteiger partial charge on any atom is -0.505 e. The van der Waals surface area contributed by atoms with Gasteiger partial charge in [0, 0.05) is 0 Å². The molecule has 1 aromatic rings. The Balaban J connectivity index is 2.77. The van der Waals surface area contributed by atoms with Crippen LogP contribution in [0.15, 0.2) is 18.2 Å². The maximum absolute atomic E-state index is 11.7. The molecule has 0 unspecified atom stereocenters. The second kappa shape index (κ2) is 5.72. The Morgan fingerprint density at radius 2 is 2.11 bits per heavy atom. The molecule has 2 N–H and O–H groups in total. The zero-order valence-electron chi connectivity index (χ0n) is 10.1. The van der Waals surface area contributed by atoms with E-state index in [1.165, 1.54) is 13.2 Å². The first-order valence-electron chi connectivity index (χ1n) is 5.21. The molecule has 0 saturated carbocycles. The molecule has 1 aromatic carbocycles. The second-order valence-electron chi connectivity index (χ2n) is 3.72. The summed E-state index contributed by atoms with van der Waals surface area (Å²) in [5, 5.41) is 9.67. The molecular formula is C11H15NO5S. The number of anilines is 1. The third kappa shape index (κ3) is 3.92. The zero-order chi connectivity index (χ0) is 13.8. The van der Waals surface area contributed by atoms with Gasteiger partial charge >= 0.3 is 5.97 Å². The van der Waals surface area contributed by atoms with E-state index in [0.29, 0.717) is 5.56 Å². The van der Waals surface area contributed by atoms with Gasteiger partial charge < -0.3 is 9.84 Å². The summed E-state index contributed by atoms with van der Waals surface area (Å²) in [5.41, 5.74) is 0.656. The van der Waals surface area contributed by atoms with E-state index in [9.17, 15) is 18.3 Å². The summed E-state index contributed by atoms with van der Waals surface area (Å²) < 4.78 is 29.9. The van der Waals surface area contributed by atoms with Gasteiger partial charge in [-0.05, 0) is 18.6 Å². The normalized spacial score (nSPS) is 11.0. The number of carbonyl (C=O) groups is 1. The van der Waals surface area contributed by atoms with Crippen LogP contribution in [0.25, 0.3) is 0 Å². The smallest absolute Gasteiger partial charge is 0.306 e. The highest BCUT2D eigenvalue weighted by atomic mass is 32.2. The van der Waals surface area contributed by atoms with Crippen molar-refractivity contribution in [3.8, 4) is 5.75 Å². The van der Waals surface area contributed by atoms with Crippen LogP contribution in [0, 0.1) is 6.92 Å².